The Morgan fingerprint density at radius 1 is 1.40 bits per heavy atom. The van der Waals surface area contributed by atoms with E-state index < -0.39 is 0 Å². The first-order valence-corrected chi connectivity index (χ1v) is 6.92. The van der Waals surface area contributed by atoms with Crippen LogP contribution < -0.4 is 14.8 Å². The van der Waals surface area contributed by atoms with E-state index >= 15 is 0 Å². The van der Waals surface area contributed by atoms with E-state index in [-0.39, 0.29) is 0 Å². The zero-order valence-electron chi connectivity index (χ0n) is 11.7. The third kappa shape index (κ3) is 3.49. The lowest BCUT2D eigenvalue weighted by atomic mass is 10.2. The molecule has 0 amide bonds. The molecule has 1 N–H and O–H groups in total. The minimum Gasteiger partial charge on any atom is -0.493 e. The largest absolute Gasteiger partial charge is 0.493 e. The van der Waals surface area contributed by atoms with Crippen LogP contribution in [-0.4, -0.2) is 29.2 Å². The third-order valence-electron chi connectivity index (χ3n) is 2.68. The number of hydrogen-bond acceptors (Lipinski definition) is 5. The lowest BCUT2D eigenvalue weighted by Crippen LogP contribution is -2.06. The monoisotopic (exact) mass is 340 g/mol. The Labute approximate surface area is 126 Å². The molecule has 0 saturated heterocycles. The van der Waals surface area contributed by atoms with Crippen molar-refractivity contribution in [3.8, 4) is 11.5 Å². The van der Waals surface area contributed by atoms with Gasteiger partial charge in [-0.2, -0.15) is 0 Å². The molecule has 0 unspecified atom stereocenters. The van der Waals surface area contributed by atoms with Gasteiger partial charge in [-0.25, -0.2) is 0 Å². The second-order valence-electron chi connectivity index (χ2n) is 4.31. The van der Waals surface area contributed by atoms with Crippen molar-refractivity contribution in [2.24, 2.45) is 7.05 Å². The third-order valence-corrected chi connectivity index (χ3v) is 3.27. The number of hydrogen-bond donors (Lipinski definition) is 1. The van der Waals surface area contributed by atoms with Gasteiger partial charge in [-0.05, 0) is 40.7 Å². The number of aryl methyl sites for hydroxylation is 1. The molecule has 2 rings (SSSR count). The topological polar surface area (TPSA) is 61.2 Å². The van der Waals surface area contributed by atoms with Gasteiger partial charge in [0.05, 0.1) is 17.8 Å². The minimum absolute atomic E-state index is 0.341. The lowest BCUT2D eigenvalue weighted by molar-refractivity contribution is 0.278. The number of rotatable bonds is 6. The summed E-state index contributed by atoms with van der Waals surface area (Å²) in [5.74, 6) is 1.35. The maximum Gasteiger partial charge on any atom is 0.175 e. The highest BCUT2D eigenvalue weighted by Gasteiger charge is 2.12. The summed E-state index contributed by atoms with van der Waals surface area (Å²) < 4.78 is 13.7. The van der Waals surface area contributed by atoms with E-state index in [1.807, 2.05) is 32.4 Å². The molecular formula is C13H17BrN4O2. The Morgan fingerprint density at radius 3 is 2.80 bits per heavy atom. The van der Waals surface area contributed by atoms with Gasteiger partial charge in [-0.1, -0.05) is 5.21 Å². The maximum atomic E-state index is 5.78. The Balaban J connectivity index is 2.17. The molecule has 7 heteroatoms. The molecule has 0 atom stereocenters. The van der Waals surface area contributed by atoms with Crippen LogP contribution in [0.2, 0.25) is 0 Å². The Morgan fingerprint density at radius 2 is 2.20 bits per heavy atom. The van der Waals surface area contributed by atoms with Crippen LogP contribution in [0.15, 0.2) is 22.8 Å². The number of halogens is 1. The van der Waals surface area contributed by atoms with Crippen molar-refractivity contribution < 1.29 is 9.47 Å². The molecule has 0 fully saturated rings. The molecule has 0 radical (unpaired) electrons. The highest BCUT2D eigenvalue weighted by Crippen LogP contribution is 2.37. The van der Waals surface area contributed by atoms with E-state index in [0.717, 1.165) is 22.3 Å². The molecule has 1 heterocycles. The van der Waals surface area contributed by atoms with Gasteiger partial charge in [0.25, 0.3) is 0 Å². The van der Waals surface area contributed by atoms with Gasteiger partial charge in [-0.15, -0.1) is 5.10 Å². The highest BCUT2D eigenvalue weighted by molar-refractivity contribution is 9.10. The number of aromatic nitrogens is 3. The molecule has 2 aromatic rings. The summed E-state index contributed by atoms with van der Waals surface area (Å²) in [5.41, 5.74) is 1.88. The molecule has 1 aromatic carbocycles. The first-order valence-electron chi connectivity index (χ1n) is 6.13. The second kappa shape index (κ2) is 6.71. The van der Waals surface area contributed by atoms with Crippen molar-refractivity contribution in [2.75, 3.05) is 14.2 Å². The minimum atomic E-state index is 0.341. The van der Waals surface area contributed by atoms with Crippen molar-refractivity contribution in [3.63, 3.8) is 0 Å². The molecule has 6 nitrogen and oxygen atoms in total. The first-order chi connectivity index (χ1) is 9.63. The lowest BCUT2D eigenvalue weighted by Gasteiger charge is -2.13. The van der Waals surface area contributed by atoms with Crippen LogP contribution >= 0.6 is 15.9 Å². The van der Waals surface area contributed by atoms with Crippen LogP contribution in [0.1, 0.15) is 11.3 Å². The molecule has 0 bridgehead atoms. The van der Waals surface area contributed by atoms with Gasteiger partial charge in [0.15, 0.2) is 11.5 Å². The van der Waals surface area contributed by atoms with E-state index in [1.165, 1.54) is 0 Å². The average molecular weight is 341 g/mol. The predicted molar refractivity (Wildman–Crippen MR) is 78.8 cm³/mol. The zero-order valence-corrected chi connectivity index (χ0v) is 13.3. The summed E-state index contributed by atoms with van der Waals surface area (Å²) in [5, 5.41) is 11.0. The predicted octanol–water partition coefficient (Wildman–Crippen LogP) is 1.88. The number of methoxy groups -OCH3 is 1. The van der Waals surface area contributed by atoms with Crippen LogP contribution in [0, 0.1) is 0 Å². The van der Waals surface area contributed by atoms with Gasteiger partial charge in [0.2, 0.25) is 0 Å². The first kappa shape index (κ1) is 14.8. The van der Waals surface area contributed by atoms with E-state index in [2.05, 4.69) is 31.6 Å². The fourth-order valence-corrected chi connectivity index (χ4v) is 2.43. The molecule has 0 aliphatic heterocycles. The highest BCUT2D eigenvalue weighted by atomic mass is 79.9. The number of nitrogens with one attached hydrogen (secondary N) is 1. The van der Waals surface area contributed by atoms with Crippen molar-refractivity contribution in [1.29, 1.82) is 0 Å². The van der Waals surface area contributed by atoms with E-state index in [9.17, 15) is 0 Å². The van der Waals surface area contributed by atoms with Crippen LogP contribution in [0.4, 0.5) is 0 Å². The Bertz CT molecular complexity index is 586. The molecule has 20 heavy (non-hydrogen) atoms. The normalized spacial score (nSPS) is 10.6. The van der Waals surface area contributed by atoms with E-state index in [0.29, 0.717) is 18.1 Å². The SMILES string of the molecule is CNCc1cc(Br)c(OCc2cn(C)nn2)c(OC)c1. The summed E-state index contributed by atoms with van der Waals surface area (Å²) in [7, 11) is 5.35. The van der Waals surface area contributed by atoms with Crippen molar-refractivity contribution >= 4 is 15.9 Å². The fraction of sp³-hybridized carbons (Fsp3) is 0.385. The number of benzene rings is 1. The van der Waals surface area contributed by atoms with Crippen molar-refractivity contribution in [1.82, 2.24) is 20.3 Å². The smallest absolute Gasteiger partial charge is 0.175 e. The second-order valence-corrected chi connectivity index (χ2v) is 5.17. The number of ether oxygens (including phenoxy) is 2. The molecule has 0 aliphatic carbocycles. The van der Waals surface area contributed by atoms with E-state index in [4.69, 9.17) is 9.47 Å². The summed E-state index contributed by atoms with van der Waals surface area (Å²) in [6.45, 7) is 1.10. The van der Waals surface area contributed by atoms with Gasteiger partial charge in [0.1, 0.15) is 12.3 Å². The van der Waals surface area contributed by atoms with Gasteiger partial charge < -0.3 is 14.8 Å². The quantitative estimate of drug-likeness (QED) is 0.869. The molecule has 0 aliphatic rings. The average Bonchev–Trinajstić information content (AvgIpc) is 2.83. The summed E-state index contributed by atoms with van der Waals surface area (Å²) in [4.78, 5) is 0. The summed E-state index contributed by atoms with van der Waals surface area (Å²) >= 11 is 3.51. The summed E-state index contributed by atoms with van der Waals surface area (Å²) in [6, 6.07) is 3.96. The van der Waals surface area contributed by atoms with Crippen LogP contribution in [0.3, 0.4) is 0 Å². The van der Waals surface area contributed by atoms with Crippen LogP contribution in [0.25, 0.3) is 0 Å². The maximum absolute atomic E-state index is 5.78. The number of nitrogens with zero attached hydrogens (tertiary/aromatic N) is 3. The standard InChI is InChI=1S/C13H17BrN4O2/c1-15-6-9-4-11(14)13(12(5-9)19-3)20-8-10-7-18(2)17-16-10/h4-5,7,15H,6,8H2,1-3H3. The van der Waals surface area contributed by atoms with Crippen molar-refractivity contribution in [3.05, 3.63) is 34.1 Å². The van der Waals surface area contributed by atoms with Crippen LogP contribution in [-0.2, 0) is 20.2 Å². The van der Waals surface area contributed by atoms with Crippen molar-refractivity contribution in [2.45, 2.75) is 13.2 Å². The van der Waals surface area contributed by atoms with Gasteiger partial charge >= 0.3 is 0 Å². The van der Waals surface area contributed by atoms with Gasteiger partial charge in [-0.3, -0.25) is 4.68 Å². The molecule has 108 valence electrons. The molecule has 1 aromatic heterocycles. The molecular weight excluding hydrogens is 324 g/mol. The molecule has 0 spiro atoms. The zero-order chi connectivity index (χ0) is 14.5. The van der Waals surface area contributed by atoms with E-state index in [1.54, 1.807) is 11.8 Å². The summed E-state index contributed by atoms with van der Waals surface area (Å²) in [6.07, 6.45) is 1.82. The molecule has 0 saturated carbocycles. The Kier molecular flexibility index (Phi) is 4.97. The Hall–Kier alpha value is -1.60. The van der Waals surface area contributed by atoms with Gasteiger partial charge in [0, 0.05) is 13.6 Å². The van der Waals surface area contributed by atoms with Crippen LogP contribution in [0.5, 0.6) is 11.5 Å². The fourth-order valence-electron chi connectivity index (χ4n) is 1.83.